The highest BCUT2D eigenvalue weighted by molar-refractivity contribution is 5.80. The maximum atomic E-state index is 12.4. The van der Waals surface area contributed by atoms with Gasteiger partial charge in [-0.15, -0.1) is 0 Å². The second kappa shape index (κ2) is 9.59. The zero-order valence-corrected chi connectivity index (χ0v) is 14.2. The van der Waals surface area contributed by atoms with E-state index in [1.807, 2.05) is 60.7 Å². The Morgan fingerprint density at radius 3 is 2.24 bits per heavy atom. The van der Waals surface area contributed by atoms with Crippen molar-refractivity contribution in [3.05, 3.63) is 71.8 Å². The van der Waals surface area contributed by atoms with Crippen LogP contribution >= 0.6 is 0 Å². The molecule has 0 spiro atoms. The van der Waals surface area contributed by atoms with Crippen LogP contribution in [0.3, 0.4) is 0 Å². The standard InChI is InChI=1S/C20H23NO4/c1-15(25-14-16-8-4-2-5-9-16)20(24)21-18(12-13-19(22)23)17-10-6-3-7-11-17/h2-11,15,18H,12-14H2,1H3,(H,21,24)(H,22,23). The van der Waals surface area contributed by atoms with Crippen molar-refractivity contribution in [2.45, 2.75) is 38.5 Å². The molecule has 2 aromatic rings. The molecule has 0 fully saturated rings. The van der Waals surface area contributed by atoms with Gasteiger partial charge in [0.15, 0.2) is 0 Å². The van der Waals surface area contributed by atoms with Gasteiger partial charge in [0.25, 0.3) is 0 Å². The van der Waals surface area contributed by atoms with Gasteiger partial charge in [-0.1, -0.05) is 60.7 Å². The molecule has 2 aromatic carbocycles. The van der Waals surface area contributed by atoms with Gasteiger partial charge in [-0.05, 0) is 24.5 Å². The Labute approximate surface area is 147 Å². The summed E-state index contributed by atoms with van der Waals surface area (Å²) in [7, 11) is 0. The van der Waals surface area contributed by atoms with Crippen LogP contribution < -0.4 is 5.32 Å². The lowest BCUT2D eigenvalue weighted by Gasteiger charge is -2.21. The van der Waals surface area contributed by atoms with Crippen molar-refractivity contribution < 1.29 is 19.4 Å². The largest absolute Gasteiger partial charge is 0.481 e. The monoisotopic (exact) mass is 341 g/mol. The second-order valence-corrected chi connectivity index (χ2v) is 5.84. The summed E-state index contributed by atoms with van der Waals surface area (Å²) in [6, 6.07) is 18.6. The minimum absolute atomic E-state index is 0.0148. The topological polar surface area (TPSA) is 75.6 Å². The first kappa shape index (κ1) is 18.7. The molecule has 0 aliphatic carbocycles. The first-order valence-corrected chi connectivity index (χ1v) is 8.29. The molecule has 0 radical (unpaired) electrons. The minimum Gasteiger partial charge on any atom is -0.481 e. The van der Waals surface area contributed by atoms with E-state index >= 15 is 0 Å². The van der Waals surface area contributed by atoms with Crippen molar-refractivity contribution in [2.75, 3.05) is 0 Å². The molecule has 2 N–H and O–H groups in total. The fourth-order valence-corrected chi connectivity index (χ4v) is 2.44. The van der Waals surface area contributed by atoms with Crippen molar-refractivity contribution in [1.29, 1.82) is 0 Å². The van der Waals surface area contributed by atoms with Crippen LogP contribution in [0.15, 0.2) is 60.7 Å². The van der Waals surface area contributed by atoms with Gasteiger partial charge >= 0.3 is 5.97 Å². The maximum absolute atomic E-state index is 12.4. The first-order chi connectivity index (χ1) is 12.1. The molecule has 0 aromatic heterocycles. The van der Waals surface area contributed by atoms with E-state index in [0.29, 0.717) is 13.0 Å². The van der Waals surface area contributed by atoms with Crippen LogP contribution in [0.4, 0.5) is 0 Å². The van der Waals surface area contributed by atoms with Gasteiger partial charge < -0.3 is 15.2 Å². The molecule has 25 heavy (non-hydrogen) atoms. The van der Waals surface area contributed by atoms with Crippen molar-refractivity contribution in [2.24, 2.45) is 0 Å². The van der Waals surface area contributed by atoms with Gasteiger partial charge in [-0.2, -0.15) is 0 Å². The Balaban J connectivity index is 1.94. The van der Waals surface area contributed by atoms with Crippen molar-refractivity contribution in [1.82, 2.24) is 5.32 Å². The lowest BCUT2D eigenvalue weighted by atomic mass is 10.0. The van der Waals surface area contributed by atoms with Crippen LogP contribution in [0.5, 0.6) is 0 Å². The number of aliphatic carboxylic acids is 1. The van der Waals surface area contributed by atoms with Crippen LogP contribution in [0, 0.1) is 0 Å². The summed E-state index contributed by atoms with van der Waals surface area (Å²) < 4.78 is 5.62. The fourth-order valence-electron chi connectivity index (χ4n) is 2.44. The molecule has 0 saturated heterocycles. The Morgan fingerprint density at radius 2 is 1.64 bits per heavy atom. The van der Waals surface area contributed by atoms with Gasteiger partial charge in [-0.25, -0.2) is 0 Å². The zero-order valence-electron chi connectivity index (χ0n) is 14.2. The summed E-state index contributed by atoms with van der Waals surface area (Å²) in [6.07, 6.45) is -0.313. The van der Waals surface area contributed by atoms with Crippen molar-refractivity contribution in [3.63, 3.8) is 0 Å². The number of amides is 1. The van der Waals surface area contributed by atoms with Crippen LogP contribution in [-0.2, 0) is 20.9 Å². The summed E-state index contributed by atoms with van der Waals surface area (Å²) in [5, 5.41) is 11.8. The number of hydrogen-bond donors (Lipinski definition) is 2. The summed E-state index contributed by atoms with van der Waals surface area (Å²) in [5.41, 5.74) is 1.87. The molecule has 5 nitrogen and oxygen atoms in total. The molecule has 0 bridgehead atoms. The maximum Gasteiger partial charge on any atom is 0.303 e. The molecule has 132 valence electrons. The van der Waals surface area contributed by atoms with Gasteiger partial charge in [0.2, 0.25) is 5.91 Å². The van der Waals surface area contributed by atoms with E-state index in [1.165, 1.54) is 0 Å². The highest BCUT2D eigenvalue weighted by Crippen LogP contribution is 2.19. The summed E-state index contributed by atoms with van der Waals surface area (Å²) >= 11 is 0. The molecule has 2 unspecified atom stereocenters. The summed E-state index contributed by atoms with van der Waals surface area (Å²) in [6.45, 7) is 2.04. The van der Waals surface area contributed by atoms with Crippen LogP contribution in [0.25, 0.3) is 0 Å². The molecule has 1 amide bonds. The number of carbonyl (C=O) groups excluding carboxylic acids is 1. The molecule has 0 heterocycles. The number of carboxylic acid groups (broad SMARTS) is 1. The third-order valence-electron chi connectivity index (χ3n) is 3.88. The molecule has 0 saturated carbocycles. The Hall–Kier alpha value is -2.66. The summed E-state index contributed by atoms with van der Waals surface area (Å²) in [5.74, 6) is -1.14. The zero-order chi connectivity index (χ0) is 18.1. The molecule has 2 atom stereocenters. The average Bonchev–Trinajstić information content (AvgIpc) is 2.64. The molecular weight excluding hydrogens is 318 g/mol. The lowest BCUT2D eigenvalue weighted by molar-refractivity contribution is -0.138. The first-order valence-electron chi connectivity index (χ1n) is 8.29. The molecule has 0 aliphatic rings. The van der Waals surface area contributed by atoms with Gasteiger partial charge in [-0.3, -0.25) is 9.59 Å². The third-order valence-corrected chi connectivity index (χ3v) is 3.88. The number of carboxylic acids is 1. The number of nitrogens with one attached hydrogen (secondary N) is 1. The highest BCUT2D eigenvalue weighted by atomic mass is 16.5. The average molecular weight is 341 g/mol. The lowest BCUT2D eigenvalue weighted by Crippen LogP contribution is -2.37. The van der Waals surface area contributed by atoms with Gasteiger partial charge in [0.1, 0.15) is 6.10 Å². The van der Waals surface area contributed by atoms with Crippen molar-refractivity contribution >= 4 is 11.9 Å². The summed E-state index contributed by atoms with van der Waals surface area (Å²) in [4.78, 5) is 23.3. The quantitative estimate of drug-likeness (QED) is 0.734. The van der Waals surface area contributed by atoms with E-state index in [-0.39, 0.29) is 18.4 Å². The fraction of sp³-hybridized carbons (Fsp3) is 0.300. The Morgan fingerprint density at radius 1 is 1.04 bits per heavy atom. The van der Waals surface area contributed by atoms with Gasteiger partial charge in [0.05, 0.1) is 12.6 Å². The number of benzene rings is 2. The second-order valence-electron chi connectivity index (χ2n) is 5.84. The molecule has 2 rings (SSSR count). The highest BCUT2D eigenvalue weighted by Gasteiger charge is 2.20. The van der Waals surface area contributed by atoms with E-state index < -0.39 is 12.1 Å². The molecular formula is C20H23NO4. The van der Waals surface area contributed by atoms with Gasteiger partial charge in [0, 0.05) is 6.42 Å². The predicted octanol–water partition coefficient (Wildman–Crippen LogP) is 3.31. The number of rotatable bonds is 9. The number of hydrogen-bond acceptors (Lipinski definition) is 3. The van der Waals surface area contributed by atoms with E-state index in [0.717, 1.165) is 11.1 Å². The van der Waals surface area contributed by atoms with Crippen LogP contribution in [0.2, 0.25) is 0 Å². The smallest absolute Gasteiger partial charge is 0.303 e. The van der Waals surface area contributed by atoms with E-state index in [2.05, 4.69) is 5.32 Å². The van der Waals surface area contributed by atoms with Crippen LogP contribution in [0.1, 0.15) is 36.9 Å². The Kier molecular flexibility index (Phi) is 7.16. The number of ether oxygens (including phenoxy) is 1. The van der Waals surface area contributed by atoms with E-state index in [4.69, 9.17) is 9.84 Å². The Bertz CT molecular complexity index is 673. The molecule has 0 aliphatic heterocycles. The van der Waals surface area contributed by atoms with E-state index in [1.54, 1.807) is 6.92 Å². The predicted molar refractivity (Wildman–Crippen MR) is 94.9 cm³/mol. The van der Waals surface area contributed by atoms with Crippen LogP contribution in [-0.4, -0.2) is 23.1 Å². The van der Waals surface area contributed by atoms with Crippen molar-refractivity contribution in [3.8, 4) is 0 Å². The third kappa shape index (κ3) is 6.39. The SMILES string of the molecule is CC(OCc1ccccc1)C(=O)NC(CCC(=O)O)c1ccccc1. The van der Waals surface area contributed by atoms with E-state index in [9.17, 15) is 9.59 Å². The minimum atomic E-state index is -0.886. The number of carbonyl (C=O) groups is 2. The molecule has 5 heteroatoms. The normalized spacial score (nSPS) is 13.0.